The van der Waals surface area contributed by atoms with E-state index in [4.69, 9.17) is 0 Å². The molecule has 0 saturated carbocycles. The van der Waals surface area contributed by atoms with Gasteiger partial charge in [-0.3, -0.25) is 4.79 Å². The second-order valence-corrected chi connectivity index (χ2v) is 3.47. The standard InChI is InChI=1S/C10H15NO/c1-7(2)9-5-8(3)10(6-12)11(9)4/h5-7H,1-4H3. The van der Waals surface area contributed by atoms with Crippen LogP contribution in [0.5, 0.6) is 0 Å². The van der Waals surface area contributed by atoms with E-state index in [2.05, 4.69) is 19.9 Å². The maximum atomic E-state index is 10.7. The molecule has 1 aromatic rings. The van der Waals surface area contributed by atoms with Gasteiger partial charge in [0.15, 0.2) is 6.29 Å². The average molecular weight is 165 g/mol. The first-order valence-corrected chi connectivity index (χ1v) is 4.19. The highest BCUT2D eigenvalue weighted by atomic mass is 16.1. The Kier molecular flexibility index (Phi) is 2.36. The van der Waals surface area contributed by atoms with Gasteiger partial charge in [0.05, 0.1) is 5.69 Å². The predicted molar refractivity (Wildman–Crippen MR) is 49.6 cm³/mol. The van der Waals surface area contributed by atoms with E-state index in [-0.39, 0.29) is 0 Å². The molecule has 0 N–H and O–H groups in total. The average Bonchev–Trinajstić information content (AvgIpc) is 2.27. The zero-order chi connectivity index (χ0) is 9.30. The van der Waals surface area contributed by atoms with Crippen molar-refractivity contribution in [2.75, 3.05) is 0 Å². The van der Waals surface area contributed by atoms with Crippen LogP contribution in [0, 0.1) is 6.92 Å². The monoisotopic (exact) mass is 165 g/mol. The topological polar surface area (TPSA) is 22.0 Å². The molecule has 1 heterocycles. The molecule has 0 saturated heterocycles. The van der Waals surface area contributed by atoms with E-state index >= 15 is 0 Å². The summed E-state index contributed by atoms with van der Waals surface area (Å²) in [5.74, 6) is 0.474. The van der Waals surface area contributed by atoms with Crippen molar-refractivity contribution in [1.29, 1.82) is 0 Å². The summed E-state index contributed by atoms with van der Waals surface area (Å²) in [5, 5.41) is 0. The number of aryl methyl sites for hydroxylation is 1. The van der Waals surface area contributed by atoms with Gasteiger partial charge in [-0.25, -0.2) is 0 Å². The third kappa shape index (κ3) is 1.29. The summed E-state index contributed by atoms with van der Waals surface area (Å²) in [6.07, 6.45) is 0.918. The second-order valence-electron chi connectivity index (χ2n) is 3.47. The van der Waals surface area contributed by atoms with Crippen LogP contribution >= 0.6 is 0 Å². The number of rotatable bonds is 2. The molecule has 0 spiro atoms. The molecule has 0 atom stereocenters. The van der Waals surface area contributed by atoms with Gasteiger partial charge in [0.25, 0.3) is 0 Å². The van der Waals surface area contributed by atoms with Gasteiger partial charge in [-0.2, -0.15) is 0 Å². The molecule has 0 bridgehead atoms. The van der Waals surface area contributed by atoms with Crippen molar-refractivity contribution in [2.24, 2.45) is 7.05 Å². The third-order valence-corrected chi connectivity index (χ3v) is 2.22. The van der Waals surface area contributed by atoms with E-state index in [1.165, 1.54) is 5.69 Å². The van der Waals surface area contributed by atoms with Gasteiger partial charge >= 0.3 is 0 Å². The maximum Gasteiger partial charge on any atom is 0.166 e. The van der Waals surface area contributed by atoms with Crippen LogP contribution in [0.25, 0.3) is 0 Å². The second kappa shape index (κ2) is 3.13. The summed E-state index contributed by atoms with van der Waals surface area (Å²) in [4.78, 5) is 10.7. The van der Waals surface area contributed by atoms with E-state index < -0.39 is 0 Å². The Bertz CT molecular complexity index is 297. The first-order chi connectivity index (χ1) is 5.57. The fourth-order valence-corrected chi connectivity index (χ4v) is 1.52. The SMILES string of the molecule is Cc1cc(C(C)C)n(C)c1C=O. The Labute approximate surface area is 73.2 Å². The number of nitrogens with zero attached hydrogens (tertiary/aromatic N) is 1. The van der Waals surface area contributed by atoms with Gasteiger partial charge in [-0.1, -0.05) is 13.8 Å². The Morgan fingerprint density at radius 3 is 2.33 bits per heavy atom. The van der Waals surface area contributed by atoms with Crippen LogP contribution < -0.4 is 0 Å². The molecule has 0 amide bonds. The lowest BCUT2D eigenvalue weighted by Gasteiger charge is -2.06. The van der Waals surface area contributed by atoms with Gasteiger partial charge in [0.1, 0.15) is 0 Å². The number of hydrogen-bond donors (Lipinski definition) is 0. The van der Waals surface area contributed by atoms with E-state index in [1.807, 2.05) is 18.5 Å². The Balaban J connectivity index is 3.26. The van der Waals surface area contributed by atoms with Gasteiger partial charge in [0.2, 0.25) is 0 Å². The van der Waals surface area contributed by atoms with Crippen LogP contribution in [0.15, 0.2) is 6.07 Å². The number of aromatic nitrogens is 1. The Morgan fingerprint density at radius 2 is 2.08 bits per heavy atom. The van der Waals surface area contributed by atoms with Crippen molar-refractivity contribution >= 4 is 6.29 Å². The van der Waals surface area contributed by atoms with Gasteiger partial charge in [0, 0.05) is 12.7 Å². The molecule has 1 rings (SSSR count). The lowest BCUT2D eigenvalue weighted by Crippen LogP contribution is -2.01. The summed E-state index contributed by atoms with van der Waals surface area (Å²) in [6.45, 7) is 6.22. The summed E-state index contributed by atoms with van der Waals surface area (Å²) in [6, 6.07) is 2.08. The van der Waals surface area contributed by atoms with Crippen LogP contribution in [-0.4, -0.2) is 10.9 Å². The number of carbonyl (C=O) groups is 1. The van der Waals surface area contributed by atoms with E-state index in [1.54, 1.807) is 0 Å². The zero-order valence-electron chi connectivity index (χ0n) is 8.09. The zero-order valence-corrected chi connectivity index (χ0v) is 8.09. The maximum absolute atomic E-state index is 10.7. The number of carbonyl (C=O) groups excluding carboxylic acids is 1. The minimum Gasteiger partial charge on any atom is -0.345 e. The molecular formula is C10H15NO. The molecule has 0 unspecified atom stereocenters. The summed E-state index contributed by atoms with van der Waals surface area (Å²) >= 11 is 0. The molecule has 66 valence electrons. The molecule has 0 aromatic carbocycles. The van der Waals surface area contributed by atoms with Crippen molar-refractivity contribution in [3.8, 4) is 0 Å². The largest absolute Gasteiger partial charge is 0.345 e. The minimum absolute atomic E-state index is 0.474. The molecule has 12 heavy (non-hydrogen) atoms. The molecule has 0 aliphatic heterocycles. The van der Waals surface area contributed by atoms with Crippen LogP contribution in [-0.2, 0) is 7.05 Å². The smallest absolute Gasteiger partial charge is 0.166 e. The first-order valence-electron chi connectivity index (χ1n) is 4.19. The lowest BCUT2D eigenvalue weighted by molar-refractivity contribution is 0.111. The van der Waals surface area contributed by atoms with E-state index in [0.717, 1.165) is 17.5 Å². The Hall–Kier alpha value is -1.05. The lowest BCUT2D eigenvalue weighted by atomic mass is 10.1. The highest BCUT2D eigenvalue weighted by Crippen LogP contribution is 2.19. The van der Waals surface area contributed by atoms with Gasteiger partial charge < -0.3 is 4.57 Å². The molecule has 0 aliphatic rings. The fraction of sp³-hybridized carbons (Fsp3) is 0.500. The van der Waals surface area contributed by atoms with E-state index in [0.29, 0.717) is 5.92 Å². The molecule has 0 radical (unpaired) electrons. The van der Waals surface area contributed by atoms with Crippen molar-refractivity contribution < 1.29 is 4.79 Å². The molecule has 0 aliphatic carbocycles. The minimum atomic E-state index is 0.474. The van der Waals surface area contributed by atoms with Crippen LogP contribution in [0.2, 0.25) is 0 Å². The normalized spacial score (nSPS) is 10.8. The molecular weight excluding hydrogens is 150 g/mol. The predicted octanol–water partition coefficient (Wildman–Crippen LogP) is 2.27. The van der Waals surface area contributed by atoms with Gasteiger partial charge in [-0.05, 0) is 24.5 Å². The van der Waals surface area contributed by atoms with E-state index in [9.17, 15) is 4.79 Å². The van der Waals surface area contributed by atoms with Crippen LogP contribution in [0.1, 0.15) is 41.5 Å². The highest BCUT2D eigenvalue weighted by Gasteiger charge is 2.10. The third-order valence-electron chi connectivity index (χ3n) is 2.22. The quantitative estimate of drug-likeness (QED) is 0.616. The Morgan fingerprint density at radius 1 is 1.50 bits per heavy atom. The molecule has 2 nitrogen and oxygen atoms in total. The van der Waals surface area contributed by atoms with Crippen molar-refractivity contribution in [1.82, 2.24) is 4.57 Å². The van der Waals surface area contributed by atoms with Crippen molar-refractivity contribution in [3.05, 3.63) is 23.0 Å². The van der Waals surface area contributed by atoms with Crippen molar-refractivity contribution in [2.45, 2.75) is 26.7 Å². The molecule has 1 aromatic heterocycles. The summed E-state index contributed by atoms with van der Waals surface area (Å²) in [7, 11) is 1.94. The fourth-order valence-electron chi connectivity index (χ4n) is 1.52. The number of hydrogen-bond acceptors (Lipinski definition) is 1. The summed E-state index contributed by atoms with van der Waals surface area (Å²) < 4.78 is 1.97. The first kappa shape index (κ1) is 9.04. The van der Waals surface area contributed by atoms with Crippen LogP contribution in [0.4, 0.5) is 0 Å². The van der Waals surface area contributed by atoms with Gasteiger partial charge in [-0.15, -0.1) is 0 Å². The van der Waals surface area contributed by atoms with Crippen molar-refractivity contribution in [3.63, 3.8) is 0 Å². The van der Waals surface area contributed by atoms with Crippen LogP contribution in [0.3, 0.4) is 0 Å². The summed E-state index contributed by atoms with van der Waals surface area (Å²) in [5.41, 5.74) is 3.07. The molecule has 2 heteroatoms. The highest BCUT2D eigenvalue weighted by molar-refractivity contribution is 5.75. The molecule has 0 fully saturated rings. The number of aldehydes is 1.